The Morgan fingerprint density at radius 3 is 2.26 bits per heavy atom. The summed E-state index contributed by atoms with van der Waals surface area (Å²) in [6.07, 6.45) is -0.478. The third-order valence-electron chi connectivity index (χ3n) is 5.20. The Hall–Kier alpha value is -2.31. The van der Waals surface area contributed by atoms with E-state index in [0.29, 0.717) is 12.3 Å². The fourth-order valence-corrected chi connectivity index (χ4v) is 4.99. The molecule has 2 unspecified atom stereocenters. The number of hydrogen-bond acceptors (Lipinski definition) is 5. The molecular formula is C21H22N2O3S. The van der Waals surface area contributed by atoms with Gasteiger partial charge in [-0.1, -0.05) is 60.7 Å². The van der Waals surface area contributed by atoms with Crippen LogP contribution in [0.4, 0.5) is 0 Å². The molecule has 0 spiro atoms. The molecule has 2 heterocycles. The second kappa shape index (κ2) is 7.02. The van der Waals surface area contributed by atoms with Gasteiger partial charge < -0.3 is 15.4 Å². The molecule has 0 bridgehead atoms. The average Bonchev–Trinajstić information content (AvgIpc) is 2.72. The van der Waals surface area contributed by atoms with Crippen molar-refractivity contribution in [3.05, 3.63) is 71.8 Å². The number of carbonyl (C=O) groups excluding carboxylic acids is 2. The summed E-state index contributed by atoms with van der Waals surface area (Å²) >= 11 is 1.56. The van der Waals surface area contributed by atoms with Crippen LogP contribution < -0.4 is 5.73 Å². The Balaban J connectivity index is 1.56. The van der Waals surface area contributed by atoms with Crippen molar-refractivity contribution in [1.29, 1.82) is 0 Å². The number of nitrogens with two attached hydrogens (primary N) is 1. The predicted molar refractivity (Wildman–Crippen MR) is 105 cm³/mol. The van der Waals surface area contributed by atoms with E-state index in [0.717, 1.165) is 11.1 Å². The lowest BCUT2D eigenvalue weighted by Crippen LogP contribution is -2.71. The van der Waals surface area contributed by atoms with Crippen molar-refractivity contribution < 1.29 is 14.3 Å². The smallest absolute Gasteiger partial charge is 0.315 e. The van der Waals surface area contributed by atoms with E-state index in [1.54, 1.807) is 16.7 Å². The normalized spacial score (nSPS) is 27.1. The number of fused-ring (bicyclic) bond motifs is 1. The van der Waals surface area contributed by atoms with Crippen molar-refractivity contribution in [2.45, 2.75) is 24.4 Å². The van der Waals surface area contributed by atoms with Crippen LogP contribution in [0.5, 0.6) is 0 Å². The molecule has 140 valence electrons. The fraction of sp³-hybridized carbons (Fsp3) is 0.333. The quantitative estimate of drug-likeness (QED) is 0.650. The third-order valence-corrected chi connectivity index (χ3v) is 6.89. The van der Waals surface area contributed by atoms with Gasteiger partial charge in [0.25, 0.3) is 0 Å². The van der Waals surface area contributed by atoms with Crippen LogP contribution >= 0.6 is 11.8 Å². The highest BCUT2D eigenvalue weighted by Crippen LogP contribution is 2.42. The topological polar surface area (TPSA) is 72.6 Å². The minimum Gasteiger partial charge on any atom is -0.452 e. The van der Waals surface area contributed by atoms with E-state index in [-0.39, 0.29) is 17.3 Å². The first-order chi connectivity index (χ1) is 13.0. The number of hydrogen-bond donors (Lipinski definition) is 1. The summed E-state index contributed by atoms with van der Waals surface area (Å²) in [4.78, 5) is 26.8. The molecule has 2 aromatic carbocycles. The molecule has 3 atom stereocenters. The first-order valence-corrected chi connectivity index (χ1v) is 10.0. The predicted octanol–water partition coefficient (Wildman–Crippen LogP) is 2.57. The largest absolute Gasteiger partial charge is 0.452 e. The molecule has 2 fully saturated rings. The zero-order valence-corrected chi connectivity index (χ0v) is 15.9. The van der Waals surface area contributed by atoms with Crippen LogP contribution in [0.3, 0.4) is 0 Å². The Kier molecular flexibility index (Phi) is 4.70. The van der Waals surface area contributed by atoms with Crippen LogP contribution in [-0.4, -0.2) is 40.5 Å². The van der Waals surface area contributed by atoms with Crippen molar-refractivity contribution in [3.63, 3.8) is 0 Å². The van der Waals surface area contributed by atoms with Crippen LogP contribution in [-0.2, 0) is 14.3 Å². The Bertz CT molecular complexity index is 806. The molecular weight excluding hydrogens is 360 g/mol. The van der Waals surface area contributed by atoms with Crippen LogP contribution in [0.2, 0.25) is 0 Å². The number of nitrogens with zero attached hydrogens (tertiary/aromatic N) is 1. The van der Waals surface area contributed by atoms with Crippen molar-refractivity contribution in [2.24, 2.45) is 11.1 Å². The zero-order valence-electron chi connectivity index (χ0n) is 15.1. The first-order valence-electron chi connectivity index (χ1n) is 8.98. The monoisotopic (exact) mass is 382 g/mol. The highest BCUT2D eigenvalue weighted by Gasteiger charge is 2.54. The number of rotatable bonds is 4. The number of ether oxygens (including phenoxy) is 1. The average molecular weight is 382 g/mol. The van der Waals surface area contributed by atoms with Gasteiger partial charge in [0.15, 0.2) is 6.10 Å². The molecule has 2 N–H and O–H groups in total. The van der Waals surface area contributed by atoms with Gasteiger partial charge in [-0.05, 0) is 18.1 Å². The number of carbonyl (C=O) groups is 2. The van der Waals surface area contributed by atoms with Gasteiger partial charge in [-0.2, -0.15) is 0 Å². The molecule has 2 aliphatic heterocycles. The van der Waals surface area contributed by atoms with Crippen molar-refractivity contribution in [1.82, 2.24) is 4.90 Å². The number of β-lactam (4-membered cyclic amide) rings is 1. The van der Waals surface area contributed by atoms with E-state index in [9.17, 15) is 9.59 Å². The summed E-state index contributed by atoms with van der Waals surface area (Å²) in [7, 11) is 0. The van der Waals surface area contributed by atoms with Crippen LogP contribution in [0.15, 0.2) is 60.7 Å². The summed E-state index contributed by atoms with van der Waals surface area (Å²) < 4.78 is 6.01. The van der Waals surface area contributed by atoms with E-state index in [1.807, 2.05) is 67.6 Å². The summed E-state index contributed by atoms with van der Waals surface area (Å²) in [5.74, 6) is 0.206. The van der Waals surface area contributed by atoms with Crippen LogP contribution in [0.25, 0.3) is 0 Å². The lowest BCUT2D eigenvalue weighted by molar-refractivity contribution is -0.163. The number of esters is 1. The van der Waals surface area contributed by atoms with Gasteiger partial charge in [0, 0.05) is 12.3 Å². The lowest BCUT2D eigenvalue weighted by Gasteiger charge is -2.52. The molecule has 5 nitrogen and oxygen atoms in total. The van der Waals surface area contributed by atoms with Gasteiger partial charge in [-0.25, -0.2) is 0 Å². The zero-order chi connectivity index (χ0) is 19.0. The van der Waals surface area contributed by atoms with Crippen LogP contribution in [0, 0.1) is 5.41 Å². The Labute approximate surface area is 162 Å². The van der Waals surface area contributed by atoms with Gasteiger partial charge in [0.05, 0.1) is 5.41 Å². The summed E-state index contributed by atoms with van der Waals surface area (Å²) in [6, 6.07) is 19.0. The van der Waals surface area contributed by atoms with Crippen molar-refractivity contribution >= 4 is 23.6 Å². The number of amides is 1. The Morgan fingerprint density at radius 1 is 1.15 bits per heavy atom. The molecule has 27 heavy (non-hydrogen) atoms. The van der Waals surface area contributed by atoms with E-state index >= 15 is 0 Å². The molecule has 4 rings (SSSR count). The SMILES string of the molecule is CC1(C(=O)OC(c2ccccc2)c2ccccc2)CS[C@@H]2C(N)C(=O)N2C1. The summed E-state index contributed by atoms with van der Waals surface area (Å²) in [6.45, 7) is 2.22. The molecule has 0 aliphatic carbocycles. The van der Waals surface area contributed by atoms with Crippen molar-refractivity contribution in [2.75, 3.05) is 12.3 Å². The Morgan fingerprint density at radius 2 is 1.70 bits per heavy atom. The van der Waals surface area contributed by atoms with E-state index in [1.165, 1.54) is 0 Å². The number of benzene rings is 2. The summed E-state index contributed by atoms with van der Waals surface area (Å²) in [5.41, 5.74) is 6.94. The lowest BCUT2D eigenvalue weighted by atomic mass is 9.89. The maximum Gasteiger partial charge on any atom is 0.315 e. The third kappa shape index (κ3) is 3.24. The highest BCUT2D eigenvalue weighted by atomic mass is 32.2. The van der Waals surface area contributed by atoms with Gasteiger partial charge in [-0.3, -0.25) is 9.59 Å². The van der Waals surface area contributed by atoms with Gasteiger partial charge >= 0.3 is 5.97 Å². The van der Waals surface area contributed by atoms with Gasteiger partial charge in [0.2, 0.25) is 5.91 Å². The molecule has 1 amide bonds. The molecule has 6 heteroatoms. The maximum atomic E-state index is 13.1. The maximum absolute atomic E-state index is 13.1. The summed E-state index contributed by atoms with van der Waals surface area (Å²) in [5, 5.41) is -0.0163. The second-order valence-electron chi connectivity index (χ2n) is 7.36. The molecule has 0 radical (unpaired) electrons. The highest BCUT2D eigenvalue weighted by molar-refractivity contribution is 8.00. The first kappa shape index (κ1) is 18.1. The molecule has 0 aromatic heterocycles. The van der Waals surface area contributed by atoms with E-state index in [2.05, 4.69) is 0 Å². The van der Waals surface area contributed by atoms with Gasteiger partial charge in [-0.15, -0.1) is 11.8 Å². The van der Waals surface area contributed by atoms with Crippen LogP contribution in [0.1, 0.15) is 24.2 Å². The molecule has 2 aliphatic rings. The minimum atomic E-state index is -0.751. The number of thioether (sulfide) groups is 1. The van der Waals surface area contributed by atoms with Gasteiger partial charge in [0.1, 0.15) is 11.4 Å². The van der Waals surface area contributed by atoms with E-state index < -0.39 is 17.6 Å². The molecule has 2 aromatic rings. The second-order valence-corrected chi connectivity index (χ2v) is 8.47. The minimum absolute atomic E-state index is 0.0163. The standard InChI is InChI=1S/C21H22N2O3S/c1-21(12-23-18(24)16(22)19(23)27-13-21)20(25)26-17(14-8-4-2-5-9-14)15-10-6-3-7-11-15/h2-11,16-17,19H,12-13,22H2,1H3/t16?,19-,21?/m1/s1. The molecule has 0 saturated carbocycles. The van der Waals surface area contributed by atoms with E-state index in [4.69, 9.17) is 10.5 Å². The fourth-order valence-electron chi connectivity index (χ4n) is 3.56. The van der Waals surface area contributed by atoms with Crippen molar-refractivity contribution in [3.8, 4) is 0 Å². The molecule has 2 saturated heterocycles.